The minimum atomic E-state index is -1.91. The van der Waals surface area contributed by atoms with Gasteiger partial charge in [0, 0.05) is 5.54 Å². The molecule has 0 unspecified atom stereocenters. The van der Waals surface area contributed by atoms with E-state index in [-0.39, 0.29) is 18.3 Å². The van der Waals surface area contributed by atoms with Crippen molar-refractivity contribution >= 4 is 29.4 Å². The lowest BCUT2D eigenvalue weighted by Crippen LogP contribution is -2.60. The molecule has 2 rings (SSSR count). The molecule has 0 aliphatic carbocycles. The van der Waals surface area contributed by atoms with Crippen LogP contribution in [0.3, 0.4) is 0 Å². The number of carbonyl (C=O) groups is 3. The van der Waals surface area contributed by atoms with E-state index in [1.54, 1.807) is 39.0 Å². The Hall–Kier alpha value is -2.93. The molecule has 6 N–H and O–H groups in total. The summed E-state index contributed by atoms with van der Waals surface area (Å²) >= 11 is 0. The summed E-state index contributed by atoms with van der Waals surface area (Å²) < 4.78 is 15.3. The highest BCUT2D eigenvalue weighted by molar-refractivity contribution is 5.90. The Bertz CT molecular complexity index is 937. The van der Waals surface area contributed by atoms with Crippen molar-refractivity contribution in [2.24, 2.45) is 5.41 Å². The highest BCUT2D eigenvalue weighted by Crippen LogP contribution is 2.29. The molecule has 12 nitrogen and oxygen atoms in total. The van der Waals surface area contributed by atoms with Gasteiger partial charge in [-0.15, -0.1) is 0 Å². The first kappa shape index (κ1) is 28.3. The fraction of sp³-hybridized carbons (Fsp3) is 0.609. The van der Waals surface area contributed by atoms with Gasteiger partial charge >= 0.3 is 18.0 Å². The van der Waals surface area contributed by atoms with Crippen molar-refractivity contribution in [3.05, 3.63) is 23.8 Å². The number of ether oxygens (including phenoxy) is 3. The number of aliphatic hydroxyl groups excluding tert-OH is 3. The van der Waals surface area contributed by atoms with Gasteiger partial charge in [0.25, 0.3) is 0 Å². The molecule has 35 heavy (non-hydrogen) atoms. The van der Waals surface area contributed by atoms with Crippen LogP contribution in [0.25, 0.3) is 0 Å². The predicted octanol–water partition coefficient (Wildman–Crippen LogP) is 1.43. The Morgan fingerprint density at radius 1 is 0.971 bits per heavy atom. The number of aliphatic hydroxyl groups is 3. The van der Waals surface area contributed by atoms with Gasteiger partial charge in [0.2, 0.25) is 6.29 Å². The molecule has 1 aliphatic rings. The van der Waals surface area contributed by atoms with E-state index in [9.17, 15) is 29.7 Å². The van der Waals surface area contributed by atoms with E-state index in [1.165, 1.54) is 0 Å². The summed E-state index contributed by atoms with van der Waals surface area (Å²) in [5.41, 5.74) is 0.325. The molecule has 0 saturated carbocycles. The number of carboxylic acid groups (broad SMARTS) is 1. The van der Waals surface area contributed by atoms with Crippen LogP contribution < -0.4 is 10.6 Å². The average molecular weight is 499 g/mol. The zero-order chi connectivity index (χ0) is 26.7. The number of amides is 1. The van der Waals surface area contributed by atoms with Crippen molar-refractivity contribution in [3.63, 3.8) is 0 Å². The number of esters is 1. The molecular weight excluding hydrogens is 464 g/mol. The first-order chi connectivity index (χ1) is 16.0. The zero-order valence-electron chi connectivity index (χ0n) is 20.6. The van der Waals surface area contributed by atoms with Gasteiger partial charge in [0.05, 0.1) is 16.8 Å². The van der Waals surface area contributed by atoms with Gasteiger partial charge < -0.3 is 40.0 Å². The van der Waals surface area contributed by atoms with E-state index < -0.39 is 53.7 Å². The van der Waals surface area contributed by atoms with Gasteiger partial charge in [-0.25, -0.2) is 9.59 Å². The summed E-state index contributed by atoms with van der Waals surface area (Å²) in [7, 11) is 0. The maximum atomic E-state index is 12.5. The number of rotatable bonds is 6. The number of nitrogens with one attached hydrogen (secondary N) is 2. The van der Waals surface area contributed by atoms with Crippen LogP contribution in [0.5, 0.6) is 0 Å². The van der Waals surface area contributed by atoms with E-state index in [4.69, 9.17) is 19.3 Å². The SMILES string of the molecule is CC(C)(C)Nc1cc(COC(=O)C(C)(C)C)ccc1NC(=O)O[C@@H]1O[C@H](C(=O)O)[C@@H](O)[C@H](O)[C@H]1O. The molecular formula is C23H34N2O10. The highest BCUT2D eigenvalue weighted by atomic mass is 16.7. The summed E-state index contributed by atoms with van der Waals surface area (Å²) in [4.78, 5) is 35.8. The Balaban J connectivity index is 2.17. The second-order valence-electron chi connectivity index (χ2n) is 10.3. The number of benzene rings is 1. The van der Waals surface area contributed by atoms with Crippen LogP contribution in [-0.4, -0.2) is 74.7 Å². The smallest absolute Gasteiger partial charge is 0.414 e. The number of carbonyl (C=O) groups excluding carboxylic acids is 2. The van der Waals surface area contributed by atoms with Gasteiger partial charge in [0.15, 0.2) is 6.10 Å². The van der Waals surface area contributed by atoms with Gasteiger partial charge in [-0.05, 0) is 59.2 Å². The molecule has 1 aromatic rings. The molecule has 0 aromatic heterocycles. The summed E-state index contributed by atoms with van der Waals surface area (Å²) in [5.74, 6) is -1.97. The minimum absolute atomic E-state index is 0.0125. The summed E-state index contributed by atoms with van der Waals surface area (Å²) in [6.45, 7) is 10.9. The van der Waals surface area contributed by atoms with E-state index in [0.29, 0.717) is 11.3 Å². The molecule has 12 heteroatoms. The van der Waals surface area contributed by atoms with Crippen molar-refractivity contribution < 1.29 is 49.0 Å². The molecule has 0 bridgehead atoms. The van der Waals surface area contributed by atoms with Crippen molar-refractivity contribution in [3.8, 4) is 0 Å². The third-order valence-electron chi connectivity index (χ3n) is 4.85. The molecule has 1 aromatic carbocycles. The fourth-order valence-corrected chi connectivity index (χ4v) is 3.06. The standard InChI is InChI=1S/C23H34N2O10/c1-22(2,3)20(31)33-10-11-7-8-12(13(9-11)25-23(4,5)6)24-21(32)35-19-16(28)14(26)15(27)17(34-19)18(29)30/h7-9,14-17,19,25-28H,10H2,1-6H3,(H,24,32)(H,29,30)/t14-,15-,16+,17-,19-/m0/s1. The lowest BCUT2D eigenvalue weighted by atomic mass is 9.97. The van der Waals surface area contributed by atoms with Crippen LogP contribution in [-0.2, 0) is 30.4 Å². The number of aliphatic carboxylic acids is 1. The molecule has 1 saturated heterocycles. The fourth-order valence-electron chi connectivity index (χ4n) is 3.06. The number of anilines is 2. The van der Waals surface area contributed by atoms with Crippen LogP contribution in [0.2, 0.25) is 0 Å². The van der Waals surface area contributed by atoms with Crippen LogP contribution in [0.15, 0.2) is 18.2 Å². The number of carboxylic acids is 1. The molecule has 5 atom stereocenters. The molecule has 1 amide bonds. The van der Waals surface area contributed by atoms with E-state index in [2.05, 4.69) is 10.6 Å². The molecule has 1 fully saturated rings. The Kier molecular flexibility index (Phi) is 8.71. The summed E-state index contributed by atoms with van der Waals surface area (Å²) in [5, 5.41) is 44.5. The lowest BCUT2D eigenvalue weighted by Gasteiger charge is -2.37. The maximum absolute atomic E-state index is 12.5. The average Bonchev–Trinajstić information content (AvgIpc) is 2.71. The Morgan fingerprint density at radius 2 is 1.60 bits per heavy atom. The van der Waals surface area contributed by atoms with Crippen LogP contribution in [0, 0.1) is 5.41 Å². The third-order valence-corrected chi connectivity index (χ3v) is 4.85. The molecule has 0 radical (unpaired) electrons. The van der Waals surface area contributed by atoms with E-state index >= 15 is 0 Å². The van der Waals surface area contributed by atoms with Gasteiger partial charge in [-0.3, -0.25) is 10.1 Å². The quantitative estimate of drug-likeness (QED) is 0.312. The van der Waals surface area contributed by atoms with Crippen molar-refractivity contribution in [1.82, 2.24) is 0 Å². The van der Waals surface area contributed by atoms with E-state index in [0.717, 1.165) is 0 Å². The van der Waals surface area contributed by atoms with Crippen molar-refractivity contribution in [1.29, 1.82) is 0 Å². The second-order valence-corrected chi connectivity index (χ2v) is 10.3. The summed E-state index contributed by atoms with van der Waals surface area (Å²) in [6.07, 6.45) is -10.5. The molecule has 1 heterocycles. The zero-order valence-corrected chi connectivity index (χ0v) is 20.6. The van der Waals surface area contributed by atoms with Crippen LogP contribution in [0.4, 0.5) is 16.2 Å². The lowest BCUT2D eigenvalue weighted by molar-refractivity contribution is -0.277. The van der Waals surface area contributed by atoms with Crippen molar-refractivity contribution in [2.75, 3.05) is 10.6 Å². The van der Waals surface area contributed by atoms with Crippen LogP contribution in [0.1, 0.15) is 47.1 Å². The Labute approximate surface area is 203 Å². The molecule has 1 aliphatic heterocycles. The Morgan fingerprint density at radius 3 is 2.14 bits per heavy atom. The second kappa shape index (κ2) is 10.8. The monoisotopic (exact) mass is 498 g/mol. The largest absolute Gasteiger partial charge is 0.479 e. The number of hydrogen-bond acceptors (Lipinski definition) is 10. The highest BCUT2D eigenvalue weighted by Gasteiger charge is 2.48. The third kappa shape index (κ3) is 7.79. The topological polar surface area (TPSA) is 184 Å². The normalized spacial score (nSPS) is 24.9. The first-order valence-electron chi connectivity index (χ1n) is 11.0. The van der Waals surface area contributed by atoms with Gasteiger partial charge in [-0.1, -0.05) is 6.07 Å². The predicted molar refractivity (Wildman–Crippen MR) is 123 cm³/mol. The van der Waals surface area contributed by atoms with Gasteiger partial charge in [0.1, 0.15) is 24.9 Å². The van der Waals surface area contributed by atoms with Gasteiger partial charge in [-0.2, -0.15) is 0 Å². The molecule has 0 spiro atoms. The molecule has 196 valence electrons. The minimum Gasteiger partial charge on any atom is -0.479 e. The van der Waals surface area contributed by atoms with Crippen LogP contribution >= 0.6 is 0 Å². The first-order valence-corrected chi connectivity index (χ1v) is 11.0. The summed E-state index contributed by atoms with van der Waals surface area (Å²) in [6, 6.07) is 4.86. The number of hydrogen-bond donors (Lipinski definition) is 6. The maximum Gasteiger partial charge on any atom is 0.414 e. The van der Waals surface area contributed by atoms with Crippen molar-refractivity contribution in [2.45, 2.75) is 84.4 Å². The van der Waals surface area contributed by atoms with E-state index in [1.807, 2.05) is 20.8 Å².